The summed E-state index contributed by atoms with van der Waals surface area (Å²) < 4.78 is 7.03. The highest BCUT2D eigenvalue weighted by atomic mass is 32.1. The van der Waals surface area contributed by atoms with Crippen LogP contribution in [-0.2, 0) is 17.8 Å². The fourth-order valence-electron chi connectivity index (χ4n) is 3.75. The number of nitrogen functional groups attached to an aromatic ring is 1. The number of ether oxygens (including phenoxy) is 1. The van der Waals surface area contributed by atoms with Crippen LogP contribution in [0.5, 0.6) is 5.75 Å². The number of nitrogens with one attached hydrogen (secondary N) is 1. The first-order valence-corrected chi connectivity index (χ1v) is 12.7. The topological polar surface area (TPSA) is 123 Å². The first-order valence-electron chi connectivity index (χ1n) is 11.9. The smallest absolute Gasteiger partial charge is 0.330 e. The lowest BCUT2D eigenvalue weighted by Crippen LogP contribution is -2.42. The van der Waals surface area contributed by atoms with Gasteiger partial charge in [-0.1, -0.05) is 39.3 Å². The lowest BCUT2D eigenvalue weighted by molar-refractivity contribution is -0.118. The van der Waals surface area contributed by atoms with Crippen molar-refractivity contribution in [3.8, 4) is 16.3 Å². The minimum Gasteiger partial charge on any atom is -0.493 e. The molecule has 10 heteroatoms. The van der Waals surface area contributed by atoms with E-state index < -0.39 is 11.2 Å². The van der Waals surface area contributed by atoms with Gasteiger partial charge in [0.2, 0.25) is 5.91 Å². The number of rotatable bonds is 11. The molecule has 0 saturated heterocycles. The number of benzene rings is 1. The molecule has 0 aliphatic carbocycles. The van der Waals surface area contributed by atoms with Crippen LogP contribution in [0.1, 0.15) is 46.2 Å². The van der Waals surface area contributed by atoms with Gasteiger partial charge >= 0.3 is 5.69 Å². The second-order valence-electron chi connectivity index (χ2n) is 8.65. The molecular formula is C25H33N5O4S. The van der Waals surface area contributed by atoms with Gasteiger partial charge in [0, 0.05) is 18.5 Å². The fourth-order valence-corrected chi connectivity index (χ4v) is 4.60. The Kier molecular flexibility index (Phi) is 8.86. The molecule has 2 aromatic heterocycles. The van der Waals surface area contributed by atoms with Crippen molar-refractivity contribution in [2.24, 2.45) is 5.92 Å². The van der Waals surface area contributed by atoms with E-state index in [1.54, 1.807) is 0 Å². The fraction of sp³-hybridized carbons (Fsp3) is 0.440. The quantitative estimate of drug-likeness (QED) is 0.415. The number of aromatic nitrogens is 3. The first kappa shape index (κ1) is 26.2. The number of hydrogen-bond donors (Lipinski definition) is 2. The number of nitrogens with zero attached hydrogens (tertiary/aromatic N) is 3. The van der Waals surface area contributed by atoms with Crippen molar-refractivity contribution >= 4 is 28.7 Å². The van der Waals surface area contributed by atoms with E-state index in [0.29, 0.717) is 31.8 Å². The normalized spacial score (nSPS) is 11.1. The van der Waals surface area contributed by atoms with Crippen LogP contribution in [0.2, 0.25) is 0 Å². The highest BCUT2D eigenvalue weighted by Crippen LogP contribution is 2.32. The number of anilines is 2. The van der Waals surface area contributed by atoms with E-state index in [9.17, 15) is 14.4 Å². The highest BCUT2D eigenvalue weighted by molar-refractivity contribution is 7.13. The average Bonchev–Trinajstić information content (AvgIpc) is 3.27. The second-order valence-corrected chi connectivity index (χ2v) is 9.50. The summed E-state index contributed by atoms with van der Waals surface area (Å²) in [6.07, 6.45) is 1.50. The molecule has 3 rings (SSSR count). The number of para-hydroxylation sites is 1. The highest BCUT2D eigenvalue weighted by Gasteiger charge is 2.25. The maximum Gasteiger partial charge on any atom is 0.330 e. The summed E-state index contributed by atoms with van der Waals surface area (Å²) in [5, 5.41) is 2.58. The zero-order valence-electron chi connectivity index (χ0n) is 20.7. The van der Waals surface area contributed by atoms with Crippen LogP contribution in [0.3, 0.4) is 0 Å². The van der Waals surface area contributed by atoms with Crippen LogP contribution in [-0.4, -0.2) is 33.6 Å². The Morgan fingerprint density at radius 3 is 2.69 bits per heavy atom. The molecule has 1 amide bonds. The lowest BCUT2D eigenvalue weighted by Gasteiger charge is -2.24. The van der Waals surface area contributed by atoms with Crippen LogP contribution in [0.25, 0.3) is 10.6 Å². The third-order valence-corrected chi connectivity index (χ3v) is 6.29. The van der Waals surface area contributed by atoms with Crippen molar-refractivity contribution in [3.63, 3.8) is 0 Å². The van der Waals surface area contributed by atoms with Gasteiger partial charge in [0.15, 0.2) is 5.69 Å². The molecule has 0 aliphatic rings. The van der Waals surface area contributed by atoms with Gasteiger partial charge in [-0.25, -0.2) is 9.78 Å². The minimum atomic E-state index is -0.665. The number of H-pyrrole nitrogens is 1. The summed E-state index contributed by atoms with van der Waals surface area (Å²) in [7, 11) is 0. The number of nitrogens with two attached hydrogens (primary N) is 1. The molecule has 0 radical (unpaired) electrons. The van der Waals surface area contributed by atoms with Gasteiger partial charge in [0.25, 0.3) is 5.56 Å². The van der Waals surface area contributed by atoms with Crippen molar-refractivity contribution in [2.75, 3.05) is 23.8 Å². The Balaban J connectivity index is 1.94. The number of carbonyl (C=O) groups excluding carboxylic acids is 1. The lowest BCUT2D eigenvalue weighted by atomic mass is 10.2. The maximum atomic E-state index is 13.4. The molecule has 0 atom stereocenters. The number of aromatic amines is 1. The van der Waals surface area contributed by atoms with Crippen LogP contribution < -0.4 is 26.6 Å². The summed E-state index contributed by atoms with van der Waals surface area (Å²) in [5.74, 6) is 0.557. The van der Waals surface area contributed by atoms with Gasteiger partial charge in [0.1, 0.15) is 16.6 Å². The Labute approximate surface area is 208 Å². The zero-order valence-corrected chi connectivity index (χ0v) is 21.5. The Morgan fingerprint density at radius 2 is 2.00 bits per heavy atom. The van der Waals surface area contributed by atoms with Crippen molar-refractivity contribution in [2.45, 2.75) is 53.5 Å². The predicted molar refractivity (Wildman–Crippen MR) is 140 cm³/mol. The molecule has 0 saturated carbocycles. The van der Waals surface area contributed by atoms with E-state index in [2.05, 4.69) is 9.97 Å². The largest absolute Gasteiger partial charge is 0.493 e. The van der Waals surface area contributed by atoms with E-state index in [1.165, 1.54) is 20.8 Å². The van der Waals surface area contributed by atoms with E-state index >= 15 is 0 Å². The monoisotopic (exact) mass is 499 g/mol. The molecule has 1 aromatic carbocycles. The molecule has 0 bridgehead atoms. The average molecular weight is 500 g/mol. The van der Waals surface area contributed by atoms with Crippen molar-refractivity contribution < 1.29 is 9.53 Å². The molecule has 0 unspecified atom stereocenters. The molecule has 9 nitrogen and oxygen atoms in total. The van der Waals surface area contributed by atoms with E-state index in [4.69, 9.17) is 10.5 Å². The Bertz CT molecular complexity index is 1280. The van der Waals surface area contributed by atoms with E-state index in [-0.39, 0.29) is 29.8 Å². The van der Waals surface area contributed by atoms with Gasteiger partial charge in [-0.2, -0.15) is 0 Å². The third kappa shape index (κ3) is 6.19. The van der Waals surface area contributed by atoms with Gasteiger partial charge < -0.3 is 15.4 Å². The van der Waals surface area contributed by atoms with Gasteiger partial charge in [0.05, 0.1) is 24.3 Å². The summed E-state index contributed by atoms with van der Waals surface area (Å²) in [6, 6.07) is 7.64. The zero-order chi connectivity index (χ0) is 25.5. The maximum absolute atomic E-state index is 13.4. The Hall–Kier alpha value is -3.40. The second kappa shape index (κ2) is 11.8. The number of carbonyl (C=O) groups is 1. The molecule has 0 aliphatic heterocycles. The van der Waals surface area contributed by atoms with Crippen molar-refractivity contribution in [1.29, 1.82) is 0 Å². The number of amides is 1. The predicted octanol–water partition coefficient (Wildman–Crippen LogP) is 3.67. The van der Waals surface area contributed by atoms with Crippen molar-refractivity contribution in [1.82, 2.24) is 14.5 Å². The summed E-state index contributed by atoms with van der Waals surface area (Å²) in [6.45, 7) is 8.99. The summed E-state index contributed by atoms with van der Waals surface area (Å²) >= 11 is 1.43. The van der Waals surface area contributed by atoms with Crippen molar-refractivity contribution in [3.05, 3.63) is 56.2 Å². The molecule has 188 valence electrons. The first-order chi connectivity index (χ1) is 16.8. The number of thiazole rings is 1. The van der Waals surface area contributed by atoms with Crippen LogP contribution in [0.15, 0.2) is 39.2 Å². The van der Waals surface area contributed by atoms with Crippen LogP contribution >= 0.6 is 11.3 Å². The van der Waals surface area contributed by atoms with E-state index in [1.807, 2.05) is 57.3 Å². The SMILES string of the molecule is CCCCN(C(=O)Cc1csc(-c2ccccc2OCC)n1)c1c(N)n(CC(C)C)c(=O)[nH]c1=O. The number of unbranched alkanes of at least 4 members (excludes halogenated alkanes) is 1. The molecule has 2 heterocycles. The molecular weight excluding hydrogens is 466 g/mol. The van der Waals surface area contributed by atoms with E-state index in [0.717, 1.165) is 22.7 Å². The molecule has 0 spiro atoms. The molecule has 35 heavy (non-hydrogen) atoms. The third-order valence-electron chi connectivity index (χ3n) is 5.37. The Morgan fingerprint density at radius 1 is 1.26 bits per heavy atom. The van der Waals surface area contributed by atoms with Gasteiger partial charge in [-0.05, 0) is 31.4 Å². The summed E-state index contributed by atoms with van der Waals surface area (Å²) in [5.41, 5.74) is 6.51. The van der Waals surface area contributed by atoms with Crippen LogP contribution in [0, 0.1) is 5.92 Å². The molecule has 3 aromatic rings. The molecule has 3 N–H and O–H groups in total. The number of hydrogen-bond acceptors (Lipinski definition) is 7. The molecule has 0 fully saturated rings. The minimum absolute atomic E-state index is 0.000791. The van der Waals surface area contributed by atoms with Crippen LogP contribution in [0.4, 0.5) is 11.5 Å². The van der Waals surface area contributed by atoms with Gasteiger partial charge in [-0.3, -0.25) is 19.1 Å². The standard InChI is InChI=1S/C25H33N5O4S/c1-5-7-12-29(21-22(26)30(14-16(3)4)25(33)28-23(21)32)20(31)13-17-15-35-24(27-17)18-10-8-9-11-19(18)34-6-2/h8-11,15-16H,5-7,12-14,26H2,1-4H3,(H,28,32,33). The van der Waals surface area contributed by atoms with Gasteiger partial charge in [-0.15, -0.1) is 11.3 Å². The summed E-state index contributed by atoms with van der Waals surface area (Å²) in [4.78, 5) is 46.9.